The van der Waals surface area contributed by atoms with Crippen LogP contribution in [0.5, 0.6) is 0 Å². The number of aliphatic imine (C=N–C) groups is 1. The van der Waals surface area contributed by atoms with Crippen molar-refractivity contribution in [1.29, 1.82) is 0 Å². The topological polar surface area (TPSA) is 82.0 Å². The molecule has 1 aromatic heterocycles. The number of thioether (sulfide) groups is 1. The van der Waals surface area contributed by atoms with Crippen molar-refractivity contribution >= 4 is 54.7 Å². The predicted octanol–water partition coefficient (Wildman–Crippen LogP) is 7.05. The molecule has 1 aliphatic heterocycles. The lowest BCUT2D eigenvalue weighted by Gasteiger charge is -2.35. The van der Waals surface area contributed by atoms with Gasteiger partial charge in [-0.05, 0) is 48.4 Å². The number of ether oxygens (including phenoxy) is 3. The van der Waals surface area contributed by atoms with Crippen LogP contribution in [-0.4, -0.2) is 62.9 Å². The molecule has 0 unspecified atom stereocenters. The van der Waals surface area contributed by atoms with E-state index in [9.17, 15) is 9.18 Å². The maximum Gasteiger partial charge on any atom is 0.416 e. The summed E-state index contributed by atoms with van der Waals surface area (Å²) < 4.78 is 61.0. The average molecular weight is 628 g/mol. The van der Waals surface area contributed by atoms with E-state index in [1.54, 1.807) is 0 Å². The van der Waals surface area contributed by atoms with Gasteiger partial charge in [-0.25, -0.2) is 23.0 Å². The Morgan fingerprint density at radius 2 is 2.07 bits per heavy atom. The zero-order valence-electron chi connectivity index (χ0n) is 23.3. The number of pyridine rings is 1. The van der Waals surface area contributed by atoms with Gasteiger partial charge in [0.05, 0.1) is 22.1 Å². The number of benzene rings is 1. The molecule has 1 fully saturated rings. The molecular weight excluding hydrogens is 595 g/mol. The molecule has 1 saturated carbocycles. The number of nitrogens with zero attached hydrogens (tertiary/aromatic N) is 2. The Morgan fingerprint density at radius 3 is 2.73 bits per heavy atom. The van der Waals surface area contributed by atoms with Gasteiger partial charge in [-0.2, -0.15) is 0 Å². The second-order valence-electron chi connectivity index (χ2n) is 11.3. The van der Waals surface area contributed by atoms with E-state index in [4.69, 9.17) is 25.8 Å². The van der Waals surface area contributed by atoms with Gasteiger partial charge in [-0.3, -0.25) is 10.3 Å². The van der Waals surface area contributed by atoms with Crippen LogP contribution in [0, 0.1) is 11.7 Å². The van der Waals surface area contributed by atoms with Gasteiger partial charge >= 0.3 is 6.09 Å². The molecule has 2 aromatic rings. The Morgan fingerprint density at radius 1 is 1.29 bits per heavy atom. The Bertz CT molecular complexity index is 1330. The number of carbonyl (C=O) groups excluding carboxylic acids is 1. The number of aromatic nitrogens is 1. The van der Waals surface area contributed by atoms with Gasteiger partial charge in [0.15, 0.2) is 0 Å². The van der Waals surface area contributed by atoms with Crippen LogP contribution >= 0.6 is 23.4 Å². The third kappa shape index (κ3) is 7.53. The summed E-state index contributed by atoms with van der Waals surface area (Å²) in [6, 6.07) is 7.74. The lowest BCUT2D eigenvalue weighted by Crippen LogP contribution is -2.41. The fourth-order valence-corrected chi connectivity index (χ4v) is 7.04. The number of halogens is 4. The Kier molecular flexibility index (Phi) is 9.90. The molecule has 1 aromatic carbocycles. The summed E-state index contributed by atoms with van der Waals surface area (Å²) in [6.45, 7) is 6.26. The molecule has 3 atom stereocenters. The molecule has 0 spiro atoms. The second kappa shape index (κ2) is 12.9. The molecule has 222 valence electrons. The highest BCUT2D eigenvalue weighted by Gasteiger charge is 2.69. The van der Waals surface area contributed by atoms with Gasteiger partial charge in [0.1, 0.15) is 30.6 Å². The molecule has 0 saturated heterocycles. The molecule has 2 heterocycles. The SMILES string of the molecule is COC[C@]12C[C@H]1[C@@](CF)(c1cc(/C=C(/F)c3ccc(Cl)cn3)ccc1F)N=C(OC(=O)NCOCC[Si](C)(C)C)S2. The Labute approximate surface area is 247 Å². The van der Waals surface area contributed by atoms with E-state index in [0.29, 0.717) is 18.1 Å². The zero-order chi connectivity index (χ0) is 29.8. The second-order valence-corrected chi connectivity index (χ2v) is 18.7. The van der Waals surface area contributed by atoms with Crippen LogP contribution in [0.2, 0.25) is 30.7 Å². The van der Waals surface area contributed by atoms with Crippen LogP contribution in [0.4, 0.5) is 18.0 Å². The number of fused-ring (bicyclic) bond motifs is 1. The van der Waals surface area contributed by atoms with E-state index >= 15 is 8.78 Å². The number of alkyl halides is 1. The molecule has 7 nitrogen and oxygen atoms in total. The maximum atomic E-state index is 15.4. The minimum absolute atomic E-state index is 0.0417. The van der Waals surface area contributed by atoms with Crippen molar-refractivity contribution in [3.8, 4) is 0 Å². The zero-order valence-corrected chi connectivity index (χ0v) is 25.9. The number of hydrogen-bond acceptors (Lipinski definition) is 7. The molecule has 1 N–H and O–H groups in total. The quantitative estimate of drug-likeness (QED) is 0.163. The van der Waals surface area contributed by atoms with Crippen molar-refractivity contribution in [3.05, 3.63) is 64.2 Å². The predicted molar refractivity (Wildman–Crippen MR) is 159 cm³/mol. The number of hydrogen-bond donors (Lipinski definition) is 1. The molecule has 0 bridgehead atoms. The van der Waals surface area contributed by atoms with Gasteiger partial charge in [-0.15, -0.1) is 0 Å². The highest BCUT2D eigenvalue weighted by atomic mass is 35.5. The van der Waals surface area contributed by atoms with Crippen molar-refractivity contribution in [2.45, 2.75) is 42.4 Å². The van der Waals surface area contributed by atoms with E-state index in [1.165, 1.54) is 55.4 Å². The molecule has 4 rings (SSSR count). The van der Waals surface area contributed by atoms with Crippen LogP contribution < -0.4 is 5.32 Å². The van der Waals surface area contributed by atoms with Gasteiger partial charge in [0.2, 0.25) is 0 Å². The minimum atomic E-state index is -1.70. The van der Waals surface area contributed by atoms with Crippen molar-refractivity contribution in [2.75, 3.05) is 33.7 Å². The third-order valence-electron chi connectivity index (χ3n) is 6.99. The van der Waals surface area contributed by atoms with Crippen LogP contribution in [0.25, 0.3) is 11.9 Å². The number of nitrogens with one attached hydrogen (secondary N) is 1. The van der Waals surface area contributed by atoms with Gasteiger partial charge < -0.3 is 14.2 Å². The summed E-state index contributed by atoms with van der Waals surface area (Å²) in [4.78, 5) is 20.9. The van der Waals surface area contributed by atoms with E-state index in [1.807, 2.05) is 0 Å². The van der Waals surface area contributed by atoms with E-state index in [-0.39, 0.29) is 35.4 Å². The summed E-state index contributed by atoms with van der Waals surface area (Å²) in [7, 11) is 0.231. The summed E-state index contributed by atoms with van der Waals surface area (Å²) >= 11 is 7.00. The smallest absolute Gasteiger partial charge is 0.385 e. The number of alkyl carbamates (subject to hydrolysis) is 1. The molecule has 13 heteroatoms. The number of methoxy groups -OCH3 is 1. The number of amides is 1. The van der Waals surface area contributed by atoms with Crippen molar-refractivity contribution in [1.82, 2.24) is 10.3 Å². The molecule has 1 amide bonds. The van der Waals surface area contributed by atoms with Crippen molar-refractivity contribution in [2.24, 2.45) is 10.9 Å². The highest BCUT2D eigenvalue weighted by Crippen LogP contribution is 2.66. The number of carbonyl (C=O) groups is 1. The molecule has 0 radical (unpaired) electrons. The standard InChI is InChI=1S/C28H33ClF3N3O4SSi/c1-37-16-27-13-24(27)28(15-30,35-26(40-27)39-25(36)34-17-38-9-10-41(2,3)4)20-11-18(5-7-21(20)31)12-22(32)23-8-6-19(29)14-33-23/h5-8,11-12,14,24H,9-10,13,15-17H2,1-4H3,(H,34,36)/b22-12+/t24-,27-,28-/m1/s1. The van der Waals surface area contributed by atoms with E-state index in [2.05, 4.69) is 34.9 Å². The van der Waals surface area contributed by atoms with Crippen LogP contribution in [0.3, 0.4) is 0 Å². The molecule has 1 aliphatic carbocycles. The largest absolute Gasteiger partial charge is 0.416 e. The van der Waals surface area contributed by atoms with Crippen molar-refractivity contribution < 1.29 is 32.2 Å². The van der Waals surface area contributed by atoms with Gasteiger partial charge in [0.25, 0.3) is 5.23 Å². The first kappa shape index (κ1) is 31.6. The van der Waals surface area contributed by atoms with Crippen LogP contribution in [0.1, 0.15) is 23.2 Å². The lowest BCUT2D eigenvalue weighted by atomic mass is 9.84. The van der Waals surface area contributed by atoms with E-state index < -0.39 is 48.7 Å². The summed E-state index contributed by atoms with van der Waals surface area (Å²) in [5.41, 5.74) is -1.44. The maximum absolute atomic E-state index is 15.4. The van der Waals surface area contributed by atoms with Gasteiger partial charge in [0, 0.05) is 39.5 Å². The summed E-state index contributed by atoms with van der Waals surface area (Å²) in [5.74, 6) is -1.83. The summed E-state index contributed by atoms with van der Waals surface area (Å²) in [5, 5.41) is 2.76. The van der Waals surface area contributed by atoms with Crippen LogP contribution in [0.15, 0.2) is 41.5 Å². The highest BCUT2D eigenvalue weighted by molar-refractivity contribution is 8.15. The first-order valence-electron chi connectivity index (χ1n) is 13.1. The summed E-state index contributed by atoms with van der Waals surface area (Å²) in [6.07, 6.45) is 2.12. The first-order chi connectivity index (χ1) is 19.4. The van der Waals surface area contributed by atoms with Crippen LogP contribution in [-0.2, 0) is 19.7 Å². The average Bonchev–Trinajstić information content (AvgIpc) is 3.63. The van der Waals surface area contributed by atoms with Gasteiger partial charge in [-0.1, -0.05) is 49.1 Å². The molecular formula is C28H33ClF3N3O4SSi. The fraction of sp³-hybridized carbons (Fsp3) is 0.464. The monoisotopic (exact) mass is 627 g/mol. The van der Waals surface area contributed by atoms with Crippen molar-refractivity contribution in [3.63, 3.8) is 0 Å². The van der Waals surface area contributed by atoms with E-state index in [0.717, 1.165) is 12.1 Å². The Balaban J connectivity index is 1.59. The Hall–Kier alpha value is -2.38. The third-order valence-corrected chi connectivity index (χ3v) is 10.2. The molecule has 41 heavy (non-hydrogen) atoms. The fourth-order valence-electron chi connectivity index (χ4n) is 4.74. The lowest BCUT2D eigenvalue weighted by molar-refractivity contribution is 0.120. The number of rotatable bonds is 11. The normalized spacial score (nSPS) is 24.0. The minimum Gasteiger partial charge on any atom is -0.385 e. The molecule has 2 aliphatic rings. The first-order valence-corrected chi connectivity index (χ1v) is 18.0.